The van der Waals surface area contributed by atoms with Crippen molar-refractivity contribution in [1.82, 2.24) is 9.78 Å². The Balaban J connectivity index is 2.19. The Kier molecular flexibility index (Phi) is 3.61. The number of carbonyl (C=O) groups excluding carboxylic acids is 1. The molecule has 1 amide bonds. The molecule has 1 aromatic carbocycles. The number of amides is 1. The Morgan fingerprint density at radius 3 is 2.68 bits per heavy atom. The molecule has 1 aromatic heterocycles. The first-order valence-electron chi connectivity index (χ1n) is 5.67. The lowest BCUT2D eigenvalue weighted by atomic mass is 10.1. The number of aromatic nitrogens is 2. The predicted molar refractivity (Wildman–Crippen MR) is 68.9 cm³/mol. The molecule has 0 aliphatic heterocycles. The maximum atomic E-state index is 11.9. The van der Waals surface area contributed by atoms with E-state index in [-0.39, 0.29) is 18.0 Å². The molecule has 0 aliphatic rings. The van der Waals surface area contributed by atoms with Crippen molar-refractivity contribution in [2.45, 2.75) is 6.42 Å². The first-order valence-corrected chi connectivity index (χ1v) is 5.67. The van der Waals surface area contributed by atoms with Crippen LogP contribution in [0.2, 0.25) is 0 Å². The van der Waals surface area contributed by atoms with Gasteiger partial charge in [0.2, 0.25) is 0 Å². The van der Waals surface area contributed by atoms with Crippen LogP contribution in [0.5, 0.6) is 0 Å². The van der Waals surface area contributed by atoms with Crippen LogP contribution in [0.1, 0.15) is 16.1 Å². The summed E-state index contributed by atoms with van der Waals surface area (Å²) in [6.45, 7) is 0. The largest absolute Gasteiger partial charge is 0.481 e. The minimum absolute atomic E-state index is 0.140. The number of rotatable bonds is 4. The van der Waals surface area contributed by atoms with Crippen molar-refractivity contribution in [1.29, 1.82) is 0 Å². The smallest absolute Gasteiger partial charge is 0.307 e. The molecule has 98 valence electrons. The molecule has 0 aliphatic carbocycles. The van der Waals surface area contributed by atoms with Gasteiger partial charge in [0.25, 0.3) is 5.91 Å². The lowest BCUT2D eigenvalue weighted by Crippen LogP contribution is -2.15. The van der Waals surface area contributed by atoms with E-state index in [1.807, 2.05) is 0 Å². The number of para-hydroxylation sites is 1. The van der Waals surface area contributed by atoms with Gasteiger partial charge in [-0.1, -0.05) is 18.2 Å². The number of carboxylic acids is 1. The maximum absolute atomic E-state index is 11.9. The summed E-state index contributed by atoms with van der Waals surface area (Å²) in [5.41, 5.74) is 1.33. The molecule has 0 spiro atoms. The number of aliphatic carboxylic acids is 1. The van der Waals surface area contributed by atoms with Gasteiger partial charge in [-0.15, -0.1) is 0 Å². The number of nitrogens with zero attached hydrogens (tertiary/aromatic N) is 2. The number of nitrogens with one attached hydrogen (secondary N) is 1. The summed E-state index contributed by atoms with van der Waals surface area (Å²) >= 11 is 0. The Bertz CT molecular complexity index is 619. The Morgan fingerprint density at radius 1 is 1.32 bits per heavy atom. The average Bonchev–Trinajstić information content (AvgIpc) is 2.78. The molecule has 2 rings (SSSR count). The number of anilines is 1. The van der Waals surface area contributed by atoms with Crippen molar-refractivity contribution in [3.63, 3.8) is 0 Å². The molecule has 0 atom stereocenters. The first-order chi connectivity index (χ1) is 9.06. The second-order valence-corrected chi connectivity index (χ2v) is 4.06. The number of benzene rings is 1. The fraction of sp³-hybridized carbons (Fsp3) is 0.154. The van der Waals surface area contributed by atoms with Crippen molar-refractivity contribution in [3.05, 3.63) is 47.8 Å². The maximum Gasteiger partial charge on any atom is 0.307 e. The van der Waals surface area contributed by atoms with E-state index in [0.717, 1.165) is 0 Å². The zero-order chi connectivity index (χ0) is 13.8. The van der Waals surface area contributed by atoms with E-state index in [4.69, 9.17) is 5.11 Å². The quantitative estimate of drug-likeness (QED) is 0.866. The fourth-order valence-corrected chi connectivity index (χ4v) is 1.68. The molecule has 0 unspecified atom stereocenters. The molecular formula is C13H13N3O3. The highest BCUT2D eigenvalue weighted by Gasteiger charge is 2.12. The van der Waals surface area contributed by atoms with E-state index in [1.54, 1.807) is 43.6 Å². The predicted octanol–water partition coefficient (Wildman–Crippen LogP) is 1.30. The van der Waals surface area contributed by atoms with Gasteiger partial charge in [0.1, 0.15) is 0 Å². The molecule has 2 aromatic rings. The van der Waals surface area contributed by atoms with E-state index in [0.29, 0.717) is 11.3 Å². The molecule has 19 heavy (non-hydrogen) atoms. The SMILES string of the molecule is Cn1ccc(C(=O)Nc2ccccc2CC(=O)O)n1. The van der Waals surface area contributed by atoms with Gasteiger partial charge >= 0.3 is 5.97 Å². The molecule has 0 radical (unpaired) electrons. The Labute approximate surface area is 109 Å². The molecule has 0 bridgehead atoms. The van der Waals surface area contributed by atoms with Crippen LogP contribution in [0, 0.1) is 0 Å². The van der Waals surface area contributed by atoms with Gasteiger partial charge in [-0.2, -0.15) is 5.10 Å². The number of hydrogen-bond donors (Lipinski definition) is 2. The summed E-state index contributed by atoms with van der Waals surface area (Å²) in [5, 5.41) is 15.5. The van der Waals surface area contributed by atoms with Crippen LogP contribution in [0.4, 0.5) is 5.69 Å². The number of carbonyl (C=O) groups is 2. The van der Waals surface area contributed by atoms with Crippen molar-refractivity contribution in [3.8, 4) is 0 Å². The topological polar surface area (TPSA) is 84.2 Å². The van der Waals surface area contributed by atoms with E-state index in [9.17, 15) is 9.59 Å². The van der Waals surface area contributed by atoms with Gasteiger partial charge in [-0.25, -0.2) is 0 Å². The number of carboxylic acid groups (broad SMARTS) is 1. The zero-order valence-corrected chi connectivity index (χ0v) is 10.3. The summed E-state index contributed by atoms with van der Waals surface area (Å²) in [6, 6.07) is 8.39. The van der Waals surface area contributed by atoms with Gasteiger partial charge in [0.05, 0.1) is 6.42 Å². The fourth-order valence-electron chi connectivity index (χ4n) is 1.68. The van der Waals surface area contributed by atoms with E-state index >= 15 is 0 Å². The first kappa shape index (κ1) is 12.8. The minimum Gasteiger partial charge on any atom is -0.481 e. The van der Waals surface area contributed by atoms with E-state index in [1.165, 1.54) is 4.68 Å². The molecule has 1 heterocycles. The molecule has 0 saturated heterocycles. The summed E-state index contributed by atoms with van der Waals surface area (Å²) < 4.78 is 1.53. The van der Waals surface area contributed by atoms with Crippen LogP contribution in [0.3, 0.4) is 0 Å². The van der Waals surface area contributed by atoms with Gasteiger partial charge in [-0.05, 0) is 17.7 Å². The van der Waals surface area contributed by atoms with Crippen LogP contribution in [0.25, 0.3) is 0 Å². The average molecular weight is 259 g/mol. The van der Waals surface area contributed by atoms with Crippen LogP contribution >= 0.6 is 0 Å². The second kappa shape index (κ2) is 5.34. The van der Waals surface area contributed by atoms with Crippen LogP contribution < -0.4 is 5.32 Å². The van der Waals surface area contributed by atoms with Gasteiger partial charge in [-0.3, -0.25) is 14.3 Å². The highest BCUT2D eigenvalue weighted by Crippen LogP contribution is 2.16. The molecule has 0 saturated carbocycles. The summed E-state index contributed by atoms with van der Waals surface area (Å²) in [5.74, 6) is -1.31. The summed E-state index contributed by atoms with van der Waals surface area (Å²) in [4.78, 5) is 22.7. The van der Waals surface area contributed by atoms with Gasteiger partial charge in [0, 0.05) is 18.9 Å². The molecule has 0 fully saturated rings. The zero-order valence-electron chi connectivity index (χ0n) is 10.3. The van der Waals surface area contributed by atoms with Crippen molar-refractivity contribution >= 4 is 17.6 Å². The molecule has 6 nitrogen and oxygen atoms in total. The molecule has 2 N–H and O–H groups in total. The van der Waals surface area contributed by atoms with Gasteiger partial charge in [0.15, 0.2) is 5.69 Å². The lowest BCUT2D eigenvalue weighted by Gasteiger charge is -2.08. The van der Waals surface area contributed by atoms with E-state index < -0.39 is 5.97 Å². The minimum atomic E-state index is -0.945. The van der Waals surface area contributed by atoms with Crippen molar-refractivity contribution < 1.29 is 14.7 Å². The Morgan fingerprint density at radius 2 is 2.05 bits per heavy atom. The third-order valence-corrected chi connectivity index (χ3v) is 2.55. The van der Waals surface area contributed by atoms with Crippen molar-refractivity contribution in [2.24, 2.45) is 7.05 Å². The third-order valence-electron chi connectivity index (χ3n) is 2.55. The highest BCUT2D eigenvalue weighted by molar-refractivity contribution is 6.03. The summed E-state index contributed by atoms with van der Waals surface area (Å²) in [7, 11) is 1.72. The normalized spacial score (nSPS) is 10.2. The second-order valence-electron chi connectivity index (χ2n) is 4.06. The molecule has 6 heteroatoms. The lowest BCUT2D eigenvalue weighted by molar-refractivity contribution is -0.136. The van der Waals surface area contributed by atoms with E-state index in [2.05, 4.69) is 10.4 Å². The van der Waals surface area contributed by atoms with Crippen LogP contribution in [0.15, 0.2) is 36.5 Å². The third kappa shape index (κ3) is 3.19. The highest BCUT2D eigenvalue weighted by atomic mass is 16.4. The molecular weight excluding hydrogens is 246 g/mol. The number of aryl methyl sites for hydroxylation is 1. The number of hydrogen-bond acceptors (Lipinski definition) is 3. The standard InChI is InChI=1S/C13H13N3O3/c1-16-7-6-11(15-16)13(19)14-10-5-3-2-4-9(10)8-12(17)18/h2-7H,8H2,1H3,(H,14,19)(H,17,18). The van der Waals surface area contributed by atoms with Gasteiger partial charge < -0.3 is 10.4 Å². The summed E-state index contributed by atoms with van der Waals surface area (Å²) in [6.07, 6.45) is 1.52. The Hall–Kier alpha value is -2.63. The van der Waals surface area contributed by atoms with Crippen molar-refractivity contribution in [2.75, 3.05) is 5.32 Å². The van der Waals surface area contributed by atoms with Crippen LogP contribution in [-0.4, -0.2) is 26.8 Å². The monoisotopic (exact) mass is 259 g/mol. The van der Waals surface area contributed by atoms with Crippen LogP contribution in [-0.2, 0) is 18.3 Å².